The molecule has 1 saturated carbocycles. The molecule has 0 spiro atoms. The number of amides is 1. The molecule has 174 valence electrons. The summed E-state index contributed by atoms with van der Waals surface area (Å²) >= 11 is 0. The number of benzene rings is 1. The zero-order chi connectivity index (χ0) is 23.7. The molecule has 1 N–H and O–H groups in total. The Bertz CT molecular complexity index is 1210. The normalized spacial score (nSPS) is 21.0. The van der Waals surface area contributed by atoms with E-state index in [-0.39, 0.29) is 17.4 Å². The molecule has 3 heterocycles. The van der Waals surface area contributed by atoms with E-state index < -0.39 is 0 Å². The molecule has 3 aromatic rings. The maximum atomic E-state index is 13.8. The molecule has 0 radical (unpaired) electrons. The molecule has 2 fully saturated rings. The summed E-state index contributed by atoms with van der Waals surface area (Å²) in [5.41, 5.74) is 2.98. The molecular formula is C26H29N7O. The maximum absolute atomic E-state index is 13.8. The lowest BCUT2D eigenvalue weighted by Gasteiger charge is -2.40. The van der Waals surface area contributed by atoms with Crippen LogP contribution in [0.3, 0.4) is 0 Å². The zero-order valence-corrected chi connectivity index (χ0v) is 19.6. The standard InChI is InChI=1S/C26H29N7O/c1-18-5-7-22(33-30-11-12-31-33)21(14-18)25(34)32-13-3-4-19(2)23(32)16-29-24-8-6-20(15-28-24)26(17-27)9-10-26/h5-8,11-12,14-15,19,23H,3-4,9-10,13,16H2,1-2H3,(H,28,29). The second-order valence-electron chi connectivity index (χ2n) is 9.53. The van der Waals surface area contributed by atoms with Crippen molar-refractivity contribution in [2.75, 3.05) is 18.4 Å². The Morgan fingerprint density at radius 3 is 2.71 bits per heavy atom. The quantitative estimate of drug-likeness (QED) is 0.606. The molecule has 1 aliphatic carbocycles. The zero-order valence-electron chi connectivity index (χ0n) is 19.6. The van der Waals surface area contributed by atoms with E-state index in [0.717, 1.165) is 42.6 Å². The van der Waals surface area contributed by atoms with E-state index in [1.807, 2.05) is 48.4 Å². The van der Waals surface area contributed by atoms with E-state index in [1.54, 1.807) is 12.4 Å². The van der Waals surface area contributed by atoms with Crippen molar-refractivity contribution >= 4 is 11.7 Å². The van der Waals surface area contributed by atoms with Gasteiger partial charge in [-0.15, -0.1) is 0 Å². The van der Waals surface area contributed by atoms with Crippen molar-refractivity contribution in [3.8, 4) is 11.8 Å². The Hall–Kier alpha value is -3.73. The van der Waals surface area contributed by atoms with E-state index >= 15 is 0 Å². The third-order valence-electron chi connectivity index (χ3n) is 7.17. The Morgan fingerprint density at radius 2 is 2.03 bits per heavy atom. The number of nitriles is 1. The van der Waals surface area contributed by atoms with E-state index in [0.29, 0.717) is 30.3 Å². The summed E-state index contributed by atoms with van der Waals surface area (Å²) in [7, 11) is 0. The van der Waals surface area contributed by atoms with Gasteiger partial charge in [0.15, 0.2) is 0 Å². The number of carbonyl (C=O) groups excluding carboxylic acids is 1. The molecule has 1 aromatic carbocycles. The Kier molecular flexibility index (Phi) is 5.78. The molecule has 5 rings (SSSR count). The van der Waals surface area contributed by atoms with Gasteiger partial charge in [-0.2, -0.15) is 20.3 Å². The number of nitrogens with zero attached hydrogens (tertiary/aromatic N) is 6. The van der Waals surface area contributed by atoms with Gasteiger partial charge in [0.2, 0.25) is 0 Å². The van der Waals surface area contributed by atoms with Gasteiger partial charge in [-0.3, -0.25) is 4.79 Å². The van der Waals surface area contributed by atoms with Crippen LogP contribution in [0.2, 0.25) is 0 Å². The third kappa shape index (κ3) is 4.14. The first-order chi connectivity index (χ1) is 16.5. The van der Waals surface area contributed by atoms with E-state index in [1.165, 1.54) is 4.80 Å². The SMILES string of the molecule is Cc1ccc(-n2nccn2)c(C(=O)N2CCCC(C)C2CNc2ccc(C3(C#N)CC3)cn2)c1. The van der Waals surface area contributed by atoms with E-state index in [4.69, 9.17) is 0 Å². The number of anilines is 1. The third-order valence-corrected chi connectivity index (χ3v) is 7.17. The highest BCUT2D eigenvalue weighted by atomic mass is 16.2. The first-order valence-corrected chi connectivity index (χ1v) is 11.9. The number of aryl methyl sites for hydroxylation is 1. The highest BCUT2D eigenvalue weighted by Crippen LogP contribution is 2.47. The van der Waals surface area contributed by atoms with Gasteiger partial charge in [0.25, 0.3) is 5.91 Å². The van der Waals surface area contributed by atoms with Gasteiger partial charge >= 0.3 is 0 Å². The number of carbonyl (C=O) groups is 1. The van der Waals surface area contributed by atoms with E-state index in [9.17, 15) is 10.1 Å². The fourth-order valence-electron chi connectivity index (χ4n) is 4.88. The van der Waals surface area contributed by atoms with Crippen LogP contribution in [0.5, 0.6) is 0 Å². The average Bonchev–Trinajstić information content (AvgIpc) is 3.47. The second-order valence-corrected chi connectivity index (χ2v) is 9.53. The lowest BCUT2D eigenvalue weighted by molar-refractivity contribution is 0.0539. The topological polar surface area (TPSA) is 99.7 Å². The number of aromatic nitrogens is 4. The fourth-order valence-corrected chi connectivity index (χ4v) is 4.88. The summed E-state index contributed by atoms with van der Waals surface area (Å²) in [6, 6.07) is 12.2. The van der Waals surface area contributed by atoms with Gasteiger partial charge in [0.1, 0.15) is 5.82 Å². The van der Waals surface area contributed by atoms with Crippen molar-refractivity contribution in [1.29, 1.82) is 5.26 Å². The number of hydrogen-bond acceptors (Lipinski definition) is 6. The largest absolute Gasteiger partial charge is 0.368 e. The molecule has 34 heavy (non-hydrogen) atoms. The molecule has 8 nitrogen and oxygen atoms in total. The first-order valence-electron chi connectivity index (χ1n) is 11.9. The van der Waals surface area contributed by atoms with Crippen LogP contribution >= 0.6 is 0 Å². The highest BCUT2D eigenvalue weighted by Gasteiger charge is 2.45. The van der Waals surface area contributed by atoms with Crippen LogP contribution in [-0.2, 0) is 5.41 Å². The lowest BCUT2D eigenvalue weighted by atomic mass is 9.89. The summed E-state index contributed by atoms with van der Waals surface area (Å²) in [5.74, 6) is 1.12. The van der Waals surface area contributed by atoms with Crippen LogP contribution in [0, 0.1) is 24.2 Å². The molecule has 2 atom stereocenters. The summed E-state index contributed by atoms with van der Waals surface area (Å²) < 4.78 is 0. The van der Waals surface area contributed by atoms with Gasteiger partial charge in [0, 0.05) is 19.3 Å². The number of nitrogens with one attached hydrogen (secondary N) is 1. The molecule has 1 amide bonds. The Labute approximate surface area is 199 Å². The average molecular weight is 456 g/mol. The molecule has 1 saturated heterocycles. The minimum absolute atomic E-state index is 0.00218. The predicted octanol–water partition coefficient (Wildman–Crippen LogP) is 3.88. The smallest absolute Gasteiger partial charge is 0.256 e. The minimum atomic E-state index is -0.332. The van der Waals surface area contributed by atoms with Gasteiger partial charge < -0.3 is 10.2 Å². The van der Waals surface area contributed by atoms with Crippen molar-refractivity contribution in [1.82, 2.24) is 24.9 Å². The molecule has 2 aliphatic rings. The van der Waals surface area contributed by atoms with Crippen molar-refractivity contribution in [3.05, 3.63) is 65.6 Å². The van der Waals surface area contributed by atoms with Crippen LogP contribution in [-0.4, -0.2) is 49.9 Å². The Morgan fingerprint density at radius 1 is 1.24 bits per heavy atom. The summed E-state index contributed by atoms with van der Waals surface area (Å²) in [6.45, 7) is 5.52. The van der Waals surface area contributed by atoms with Gasteiger partial charge in [-0.1, -0.05) is 24.6 Å². The number of hydrogen-bond donors (Lipinski definition) is 1. The lowest BCUT2D eigenvalue weighted by Crippen LogP contribution is -2.51. The highest BCUT2D eigenvalue weighted by molar-refractivity contribution is 5.98. The van der Waals surface area contributed by atoms with Crippen LogP contribution in [0.1, 0.15) is 54.1 Å². The van der Waals surface area contributed by atoms with Crippen molar-refractivity contribution < 1.29 is 4.79 Å². The van der Waals surface area contributed by atoms with E-state index in [2.05, 4.69) is 33.5 Å². The van der Waals surface area contributed by atoms with Gasteiger partial charge in [-0.25, -0.2) is 4.98 Å². The summed E-state index contributed by atoms with van der Waals surface area (Å²) in [4.78, 5) is 21.9. The number of likely N-dealkylation sites (tertiary alicyclic amines) is 1. The molecule has 8 heteroatoms. The maximum Gasteiger partial charge on any atom is 0.256 e. The number of pyridine rings is 1. The monoisotopic (exact) mass is 455 g/mol. The Balaban J connectivity index is 1.35. The van der Waals surface area contributed by atoms with Crippen LogP contribution in [0.25, 0.3) is 5.69 Å². The van der Waals surface area contributed by atoms with Crippen LogP contribution < -0.4 is 5.32 Å². The summed E-state index contributed by atoms with van der Waals surface area (Å²) in [5, 5.41) is 21.3. The molecular weight excluding hydrogens is 426 g/mol. The predicted molar refractivity (Wildman–Crippen MR) is 129 cm³/mol. The number of rotatable bonds is 6. The minimum Gasteiger partial charge on any atom is -0.368 e. The van der Waals surface area contributed by atoms with Gasteiger partial charge in [-0.05, 0) is 62.3 Å². The van der Waals surface area contributed by atoms with Crippen LogP contribution in [0.4, 0.5) is 5.82 Å². The molecule has 1 aliphatic heterocycles. The van der Waals surface area contributed by atoms with Crippen molar-refractivity contribution in [2.24, 2.45) is 5.92 Å². The summed E-state index contributed by atoms with van der Waals surface area (Å²) in [6.07, 6.45) is 8.91. The van der Waals surface area contributed by atoms with Crippen molar-refractivity contribution in [3.63, 3.8) is 0 Å². The van der Waals surface area contributed by atoms with Crippen molar-refractivity contribution in [2.45, 2.75) is 51.0 Å². The van der Waals surface area contributed by atoms with Gasteiger partial charge in [0.05, 0.1) is 41.2 Å². The molecule has 2 unspecified atom stereocenters. The fraction of sp³-hybridized carbons (Fsp3) is 0.423. The molecule has 0 bridgehead atoms. The molecule has 2 aromatic heterocycles. The van der Waals surface area contributed by atoms with Crippen LogP contribution in [0.15, 0.2) is 48.9 Å². The second kappa shape index (κ2) is 8.90. The number of piperidine rings is 1. The first kappa shape index (κ1) is 22.1.